The van der Waals surface area contributed by atoms with Crippen LogP contribution in [0.2, 0.25) is 5.02 Å². The number of hydrogen-bond acceptors (Lipinski definition) is 2. The largest absolute Gasteiger partial charge is 0.384 e. The molecule has 0 bridgehead atoms. The molecule has 0 radical (unpaired) electrons. The Hall–Kier alpha value is -0.570. The van der Waals surface area contributed by atoms with Crippen molar-refractivity contribution in [2.75, 3.05) is 26.8 Å². The average Bonchev–Trinajstić information content (AvgIpc) is 2.32. The monoisotopic (exact) mass is 255 g/mol. The molecule has 0 fully saturated rings. The van der Waals surface area contributed by atoms with Crippen molar-refractivity contribution in [3.05, 3.63) is 34.9 Å². The maximum atomic E-state index is 5.92. The zero-order valence-corrected chi connectivity index (χ0v) is 11.6. The Bertz CT molecular complexity index is 313. The van der Waals surface area contributed by atoms with Crippen molar-refractivity contribution in [1.82, 2.24) is 5.32 Å². The molecule has 2 nitrogen and oxygen atoms in total. The lowest BCUT2D eigenvalue weighted by Crippen LogP contribution is -2.27. The average molecular weight is 256 g/mol. The smallest absolute Gasteiger partial charge is 0.0494 e. The summed E-state index contributed by atoms with van der Waals surface area (Å²) in [6, 6.07) is 8.12. The van der Waals surface area contributed by atoms with E-state index in [1.165, 1.54) is 5.56 Å². The van der Waals surface area contributed by atoms with Crippen LogP contribution in [0.15, 0.2) is 24.3 Å². The van der Waals surface area contributed by atoms with E-state index in [4.69, 9.17) is 16.3 Å². The molecule has 2 unspecified atom stereocenters. The fourth-order valence-electron chi connectivity index (χ4n) is 2.04. The molecule has 0 heterocycles. The Morgan fingerprint density at radius 1 is 1.29 bits per heavy atom. The van der Waals surface area contributed by atoms with Crippen LogP contribution < -0.4 is 5.32 Å². The van der Waals surface area contributed by atoms with Crippen LogP contribution in [0.3, 0.4) is 0 Å². The molecule has 1 N–H and O–H groups in total. The second-order valence-corrected chi connectivity index (χ2v) is 4.83. The van der Waals surface area contributed by atoms with Crippen LogP contribution in [0, 0.1) is 5.92 Å². The second-order valence-electron chi connectivity index (χ2n) is 4.40. The van der Waals surface area contributed by atoms with Crippen LogP contribution in [0.5, 0.6) is 0 Å². The second kappa shape index (κ2) is 7.70. The van der Waals surface area contributed by atoms with Gasteiger partial charge in [-0.05, 0) is 30.2 Å². The van der Waals surface area contributed by atoms with Crippen molar-refractivity contribution in [3.63, 3.8) is 0 Å². The molecule has 0 spiro atoms. The van der Waals surface area contributed by atoms with E-state index < -0.39 is 0 Å². The Kier molecular flexibility index (Phi) is 6.56. The van der Waals surface area contributed by atoms with Crippen molar-refractivity contribution in [2.45, 2.75) is 19.8 Å². The Labute approximate surface area is 109 Å². The van der Waals surface area contributed by atoms with E-state index in [0.29, 0.717) is 11.8 Å². The van der Waals surface area contributed by atoms with Crippen molar-refractivity contribution in [2.24, 2.45) is 5.92 Å². The minimum atomic E-state index is 0.465. The van der Waals surface area contributed by atoms with Crippen molar-refractivity contribution >= 4 is 11.6 Å². The molecular weight excluding hydrogens is 234 g/mol. The molecule has 1 rings (SSSR count). The van der Waals surface area contributed by atoms with E-state index in [2.05, 4.69) is 31.3 Å². The number of nitrogens with one attached hydrogen (secondary N) is 1. The lowest BCUT2D eigenvalue weighted by molar-refractivity contribution is 0.146. The predicted molar refractivity (Wildman–Crippen MR) is 73.8 cm³/mol. The van der Waals surface area contributed by atoms with E-state index in [9.17, 15) is 0 Å². The summed E-state index contributed by atoms with van der Waals surface area (Å²) in [6.45, 7) is 7.09. The van der Waals surface area contributed by atoms with Gasteiger partial charge in [0.2, 0.25) is 0 Å². The number of hydrogen-bond donors (Lipinski definition) is 1. The molecule has 0 amide bonds. The maximum absolute atomic E-state index is 5.92. The summed E-state index contributed by atoms with van der Waals surface area (Å²) in [4.78, 5) is 0. The van der Waals surface area contributed by atoms with Gasteiger partial charge in [-0.1, -0.05) is 37.6 Å². The van der Waals surface area contributed by atoms with Gasteiger partial charge in [0.25, 0.3) is 0 Å². The summed E-state index contributed by atoms with van der Waals surface area (Å²) in [6.07, 6.45) is 0. The zero-order valence-electron chi connectivity index (χ0n) is 10.9. The summed E-state index contributed by atoms with van der Waals surface area (Å²) in [5.74, 6) is 0.951. The van der Waals surface area contributed by atoms with Crippen LogP contribution in [0.4, 0.5) is 0 Å². The van der Waals surface area contributed by atoms with Gasteiger partial charge in [-0.15, -0.1) is 0 Å². The molecule has 1 aromatic carbocycles. The highest BCUT2D eigenvalue weighted by atomic mass is 35.5. The first-order valence-corrected chi connectivity index (χ1v) is 6.52. The van der Waals surface area contributed by atoms with Crippen LogP contribution in [-0.2, 0) is 4.74 Å². The fourth-order valence-corrected chi connectivity index (χ4v) is 2.16. The quantitative estimate of drug-likeness (QED) is 0.807. The first kappa shape index (κ1) is 14.5. The molecular formula is C14H22ClNO. The lowest BCUT2D eigenvalue weighted by Gasteiger charge is -2.24. The Balaban J connectivity index is 2.77. The number of benzene rings is 1. The van der Waals surface area contributed by atoms with Gasteiger partial charge in [0.05, 0.1) is 0 Å². The highest BCUT2D eigenvalue weighted by Crippen LogP contribution is 2.25. The molecule has 0 saturated heterocycles. The van der Waals surface area contributed by atoms with E-state index in [-0.39, 0.29) is 0 Å². The highest BCUT2D eigenvalue weighted by molar-refractivity contribution is 6.30. The minimum absolute atomic E-state index is 0.465. The van der Waals surface area contributed by atoms with E-state index in [1.807, 2.05) is 12.1 Å². The molecule has 1 aromatic rings. The van der Waals surface area contributed by atoms with Gasteiger partial charge in [0, 0.05) is 31.2 Å². The van der Waals surface area contributed by atoms with Gasteiger partial charge in [0.15, 0.2) is 0 Å². The van der Waals surface area contributed by atoms with E-state index in [1.54, 1.807) is 7.11 Å². The van der Waals surface area contributed by atoms with Crippen LogP contribution >= 0.6 is 11.6 Å². The number of halogens is 1. The third kappa shape index (κ3) is 4.66. The van der Waals surface area contributed by atoms with E-state index >= 15 is 0 Å². The number of likely N-dealkylation sites (N-methyl/N-ethyl adjacent to an activating group) is 1. The SMILES string of the molecule is CCNCC(c1ccc(Cl)cc1)C(C)COC. The topological polar surface area (TPSA) is 21.3 Å². The van der Waals surface area contributed by atoms with E-state index in [0.717, 1.165) is 24.7 Å². The first-order valence-electron chi connectivity index (χ1n) is 6.14. The Morgan fingerprint density at radius 3 is 2.47 bits per heavy atom. The van der Waals surface area contributed by atoms with Crippen molar-refractivity contribution in [1.29, 1.82) is 0 Å². The maximum Gasteiger partial charge on any atom is 0.0494 e. The minimum Gasteiger partial charge on any atom is -0.384 e. The lowest BCUT2D eigenvalue weighted by atomic mass is 9.87. The molecule has 0 aliphatic carbocycles. The standard InChI is InChI=1S/C14H22ClNO/c1-4-16-9-14(11(2)10-17-3)12-5-7-13(15)8-6-12/h5-8,11,14,16H,4,9-10H2,1-3H3. The third-order valence-electron chi connectivity index (χ3n) is 3.03. The van der Waals surface area contributed by atoms with Gasteiger partial charge in [-0.3, -0.25) is 0 Å². The Morgan fingerprint density at radius 2 is 1.94 bits per heavy atom. The van der Waals surface area contributed by atoms with Crippen LogP contribution in [-0.4, -0.2) is 26.8 Å². The zero-order chi connectivity index (χ0) is 12.7. The molecule has 0 aliphatic rings. The third-order valence-corrected chi connectivity index (χ3v) is 3.28. The summed E-state index contributed by atoms with van der Waals surface area (Å²) in [5.41, 5.74) is 1.32. The van der Waals surface area contributed by atoms with Gasteiger partial charge in [0.1, 0.15) is 0 Å². The molecule has 0 saturated carbocycles. The number of rotatable bonds is 7. The number of methoxy groups -OCH3 is 1. The van der Waals surface area contributed by atoms with Gasteiger partial charge in [-0.25, -0.2) is 0 Å². The van der Waals surface area contributed by atoms with Crippen molar-refractivity contribution in [3.8, 4) is 0 Å². The summed E-state index contributed by atoms with van der Waals surface area (Å²) >= 11 is 5.92. The molecule has 0 aromatic heterocycles. The molecule has 17 heavy (non-hydrogen) atoms. The highest BCUT2D eigenvalue weighted by Gasteiger charge is 2.18. The summed E-state index contributed by atoms with van der Waals surface area (Å²) < 4.78 is 5.26. The first-order chi connectivity index (χ1) is 8.19. The predicted octanol–water partition coefficient (Wildman–Crippen LogP) is 3.32. The van der Waals surface area contributed by atoms with Gasteiger partial charge >= 0.3 is 0 Å². The van der Waals surface area contributed by atoms with Gasteiger partial charge < -0.3 is 10.1 Å². The number of ether oxygens (including phenoxy) is 1. The van der Waals surface area contributed by atoms with Crippen LogP contribution in [0.25, 0.3) is 0 Å². The normalized spacial score (nSPS) is 14.6. The van der Waals surface area contributed by atoms with Crippen LogP contribution in [0.1, 0.15) is 25.3 Å². The summed E-state index contributed by atoms with van der Waals surface area (Å²) in [5, 5.41) is 4.20. The van der Waals surface area contributed by atoms with Crippen molar-refractivity contribution < 1.29 is 4.74 Å². The summed E-state index contributed by atoms with van der Waals surface area (Å²) in [7, 11) is 1.75. The molecule has 3 heteroatoms. The molecule has 96 valence electrons. The molecule has 0 aliphatic heterocycles. The fraction of sp³-hybridized carbons (Fsp3) is 0.571. The molecule has 2 atom stereocenters. The van der Waals surface area contributed by atoms with Gasteiger partial charge in [-0.2, -0.15) is 0 Å².